The summed E-state index contributed by atoms with van der Waals surface area (Å²) in [6.45, 7) is 4.22. The van der Waals surface area contributed by atoms with Gasteiger partial charge in [-0.1, -0.05) is 44.2 Å². The van der Waals surface area contributed by atoms with Crippen molar-refractivity contribution < 1.29 is 24.3 Å². The van der Waals surface area contributed by atoms with Gasteiger partial charge in [-0.25, -0.2) is 0 Å². The molecule has 0 unspecified atom stereocenters. The second kappa shape index (κ2) is 12.0. The van der Waals surface area contributed by atoms with Crippen LogP contribution in [-0.4, -0.2) is 63.9 Å². The highest BCUT2D eigenvalue weighted by atomic mass is 16.4. The summed E-state index contributed by atoms with van der Waals surface area (Å²) in [6, 6.07) is 12.8. The Labute approximate surface area is 221 Å². The first kappa shape index (κ1) is 26.9. The monoisotopic (exact) mass is 516 g/mol. The molecule has 0 aliphatic carbocycles. The van der Waals surface area contributed by atoms with E-state index in [0.29, 0.717) is 30.5 Å². The molecule has 0 saturated heterocycles. The van der Waals surface area contributed by atoms with Gasteiger partial charge in [0.1, 0.15) is 6.04 Å². The number of amides is 3. The van der Waals surface area contributed by atoms with Crippen LogP contribution in [0.2, 0.25) is 0 Å². The first-order valence-corrected chi connectivity index (χ1v) is 12.8. The third kappa shape index (κ3) is 6.23. The quantitative estimate of drug-likeness (QED) is 0.316. The molecule has 2 aromatic carbocycles. The van der Waals surface area contributed by atoms with E-state index in [1.54, 1.807) is 24.5 Å². The topological polar surface area (TPSA) is 129 Å². The normalized spacial score (nSPS) is 14.6. The smallest absolute Gasteiger partial charge is 0.320 e. The number of carboxylic acids is 1. The van der Waals surface area contributed by atoms with E-state index in [2.05, 4.69) is 15.6 Å². The predicted molar refractivity (Wildman–Crippen MR) is 143 cm³/mol. The minimum absolute atomic E-state index is 0.0299. The molecular formula is C29H32N4O5. The third-order valence-electron chi connectivity index (χ3n) is 6.64. The largest absolute Gasteiger partial charge is 0.480 e. The zero-order valence-electron chi connectivity index (χ0n) is 21.5. The summed E-state index contributed by atoms with van der Waals surface area (Å²) in [7, 11) is 0. The standard InChI is InChI=1S/C29H32N4O5/c1-18(2)14-25(26(34)31-12-9-19-6-5-11-30-17-19)32-24(29(37)38)10-13-33-27(35)22-15-20-7-3-4-8-21(20)16-23(22)28(33)36/h3-8,11,15-18,24-25,32H,9-10,12-14H2,1-2H3,(H,31,34)(H,37,38)/t24-,25+/m1/s1. The van der Waals surface area contributed by atoms with Crippen LogP contribution in [0.4, 0.5) is 0 Å². The Morgan fingerprint density at radius 3 is 2.18 bits per heavy atom. The Morgan fingerprint density at radius 1 is 0.974 bits per heavy atom. The highest BCUT2D eigenvalue weighted by molar-refractivity contribution is 6.23. The lowest BCUT2D eigenvalue weighted by atomic mass is 10.0. The van der Waals surface area contributed by atoms with Crippen LogP contribution < -0.4 is 10.6 Å². The molecule has 0 fully saturated rings. The number of benzene rings is 2. The molecule has 1 aromatic heterocycles. The van der Waals surface area contributed by atoms with E-state index in [9.17, 15) is 24.3 Å². The zero-order valence-corrected chi connectivity index (χ0v) is 21.5. The van der Waals surface area contributed by atoms with Gasteiger partial charge in [0.15, 0.2) is 0 Å². The van der Waals surface area contributed by atoms with E-state index < -0.39 is 29.9 Å². The summed E-state index contributed by atoms with van der Waals surface area (Å²) in [6.07, 6.45) is 4.42. The molecule has 1 aliphatic heterocycles. The number of carbonyl (C=O) groups is 4. The second-order valence-electron chi connectivity index (χ2n) is 9.94. The van der Waals surface area contributed by atoms with Gasteiger partial charge in [-0.3, -0.25) is 34.4 Å². The number of fused-ring (bicyclic) bond motifs is 2. The van der Waals surface area contributed by atoms with Crippen LogP contribution in [0.15, 0.2) is 60.9 Å². The first-order chi connectivity index (χ1) is 18.2. The minimum atomic E-state index is -1.15. The molecule has 0 radical (unpaired) electrons. The van der Waals surface area contributed by atoms with Crippen molar-refractivity contribution in [3.05, 3.63) is 77.6 Å². The molecule has 9 nitrogen and oxygen atoms in total. The summed E-state index contributed by atoms with van der Waals surface area (Å²) in [5.74, 6) is -2.18. The van der Waals surface area contributed by atoms with E-state index in [4.69, 9.17) is 0 Å². The van der Waals surface area contributed by atoms with Crippen molar-refractivity contribution in [2.45, 2.75) is 45.2 Å². The number of aliphatic carboxylic acids is 1. The van der Waals surface area contributed by atoms with Gasteiger partial charge in [0, 0.05) is 25.5 Å². The first-order valence-electron chi connectivity index (χ1n) is 12.8. The van der Waals surface area contributed by atoms with Crippen molar-refractivity contribution in [3.8, 4) is 0 Å². The lowest BCUT2D eigenvalue weighted by Crippen LogP contribution is -2.52. The maximum atomic E-state index is 13.0. The molecule has 2 heterocycles. The molecule has 0 saturated carbocycles. The number of carbonyl (C=O) groups excluding carboxylic acids is 3. The van der Waals surface area contributed by atoms with E-state index in [1.165, 1.54) is 0 Å². The SMILES string of the molecule is CC(C)C[C@H](N[C@H](CCN1C(=O)c2cc3ccccc3cc2C1=O)C(=O)O)C(=O)NCCc1cccnc1. The molecule has 0 spiro atoms. The molecule has 9 heteroatoms. The maximum Gasteiger partial charge on any atom is 0.320 e. The average Bonchev–Trinajstić information content (AvgIpc) is 3.13. The fourth-order valence-electron chi connectivity index (χ4n) is 4.68. The van der Waals surface area contributed by atoms with Gasteiger partial charge in [0.25, 0.3) is 11.8 Å². The number of hydrogen-bond donors (Lipinski definition) is 3. The van der Waals surface area contributed by atoms with Gasteiger partial charge in [0.05, 0.1) is 17.2 Å². The van der Waals surface area contributed by atoms with E-state index in [0.717, 1.165) is 21.2 Å². The third-order valence-corrected chi connectivity index (χ3v) is 6.64. The highest BCUT2D eigenvalue weighted by Gasteiger charge is 2.37. The summed E-state index contributed by atoms with van der Waals surface area (Å²) in [5.41, 5.74) is 1.62. The number of nitrogens with one attached hydrogen (secondary N) is 2. The molecule has 0 bridgehead atoms. The fraction of sp³-hybridized carbons (Fsp3) is 0.345. The van der Waals surface area contributed by atoms with Crippen molar-refractivity contribution in [1.29, 1.82) is 0 Å². The van der Waals surface area contributed by atoms with Crippen LogP contribution in [0.3, 0.4) is 0 Å². The molecule has 2 atom stereocenters. The van der Waals surface area contributed by atoms with E-state index in [1.807, 2.05) is 50.2 Å². The van der Waals surface area contributed by atoms with E-state index in [-0.39, 0.29) is 24.8 Å². The molecule has 3 amide bonds. The van der Waals surface area contributed by atoms with Crippen LogP contribution in [-0.2, 0) is 16.0 Å². The molecule has 198 valence electrons. The van der Waals surface area contributed by atoms with Crippen molar-refractivity contribution >= 4 is 34.5 Å². The van der Waals surface area contributed by atoms with Gasteiger partial charge in [-0.2, -0.15) is 0 Å². The van der Waals surface area contributed by atoms with Crippen molar-refractivity contribution in [3.63, 3.8) is 0 Å². The summed E-state index contributed by atoms with van der Waals surface area (Å²) in [4.78, 5) is 56.2. The van der Waals surface area contributed by atoms with Crippen LogP contribution >= 0.6 is 0 Å². The Morgan fingerprint density at radius 2 is 1.63 bits per heavy atom. The zero-order chi connectivity index (χ0) is 27.2. The summed E-state index contributed by atoms with van der Waals surface area (Å²) >= 11 is 0. The van der Waals surface area contributed by atoms with Crippen LogP contribution in [0.1, 0.15) is 53.0 Å². The molecule has 38 heavy (non-hydrogen) atoms. The Kier molecular flexibility index (Phi) is 8.48. The van der Waals surface area contributed by atoms with Gasteiger partial charge < -0.3 is 10.4 Å². The lowest BCUT2D eigenvalue weighted by Gasteiger charge is -2.25. The minimum Gasteiger partial charge on any atom is -0.480 e. The Bertz CT molecular complexity index is 1290. The fourth-order valence-corrected chi connectivity index (χ4v) is 4.68. The molecule has 3 N–H and O–H groups in total. The number of nitrogens with zero attached hydrogens (tertiary/aromatic N) is 2. The second-order valence-corrected chi connectivity index (χ2v) is 9.94. The predicted octanol–water partition coefficient (Wildman–Crippen LogP) is 3.04. The molecular weight excluding hydrogens is 484 g/mol. The Balaban J connectivity index is 1.40. The highest BCUT2D eigenvalue weighted by Crippen LogP contribution is 2.28. The number of aromatic nitrogens is 1. The molecule has 1 aliphatic rings. The van der Waals surface area contributed by atoms with Crippen LogP contribution in [0.5, 0.6) is 0 Å². The van der Waals surface area contributed by atoms with Crippen molar-refractivity contribution in [2.24, 2.45) is 5.92 Å². The summed E-state index contributed by atoms with van der Waals surface area (Å²) < 4.78 is 0. The molecule has 4 rings (SSSR count). The number of hydrogen-bond acceptors (Lipinski definition) is 6. The number of rotatable bonds is 12. The molecule has 3 aromatic rings. The average molecular weight is 517 g/mol. The lowest BCUT2D eigenvalue weighted by molar-refractivity contribution is -0.140. The van der Waals surface area contributed by atoms with Gasteiger partial charge in [-0.05, 0) is 59.7 Å². The number of pyridine rings is 1. The Hall–Kier alpha value is -4.11. The van der Waals surface area contributed by atoms with Gasteiger partial charge in [0.2, 0.25) is 5.91 Å². The summed E-state index contributed by atoms with van der Waals surface area (Å²) in [5, 5.41) is 17.4. The van der Waals surface area contributed by atoms with Crippen LogP contribution in [0, 0.1) is 5.92 Å². The van der Waals surface area contributed by atoms with Gasteiger partial charge in [-0.15, -0.1) is 0 Å². The maximum absolute atomic E-state index is 13.0. The van der Waals surface area contributed by atoms with Gasteiger partial charge >= 0.3 is 5.97 Å². The van der Waals surface area contributed by atoms with E-state index >= 15 is 0 Å². The van der Waals surface area contributed by atoms with Crippen molar-refractivity contribution in [2.75, 3.05) is 13.1 Å². The van der Waals surface area contributed by atoms with Crippen LogP contribution in [0.25, 0.3) is 10.8 Å². The van der Waals surface area contributed by atoms with Crippen molar-refractivity contribution in [1.82, 2.24) is 20.5 Å². The number of carboxylic acid groups (broad SMARTS) is 1. The number of imide groups is 1.